The summed E-state index contributed by atoms with van der Waals surface area (Å²) in [6.07, 6.45) is 16.1. The van der Waals surface area contributed by atoms with Gasteiger partial charge in [-0.15, -0.1) is 0 Å². The lowest BCUT2D eigenvalue weighted by atomic mass is 9.33. The summed E-state index contributed by atoms with van der Waals surface area (Å²) in [5.74, 6) is 5.96. The van der Waals surface area contributed by atoms with E-state index in [9.17, 15) is 10.1 Å². The summed E-state index contributed by atoms with van der Waals surface area (Å²) in [4.78, 5) is 23.5. The molecule has 0 N–H and O–H groups in total. The van der Waals surface area contributed by atoms with Crippen LogP contribution in [0.5, 0.6) is 0 Å². The van der Waals surface area contributed by atoms with Crippen LogP contribution in [-0.2, 0) is 4.79 Å². The largest absolute Gasteiger partial charge is 0.335 e. The van der Waals surface area contributed by atoms with E-state index >= 15 is 0 Å². The van der Waals surface area contributed by atoms with Gasteiger partial charge in [0.25, 0.3) is 0 Å². The normalized spacial score (nSPS) is 45.1. The number of anilines is 1. The summed E-state index contributed by atoms with van der Waals surface area (Å²) in [6.45, 7) is 20.4. The van der Waals surface area contributed by atoms with Crippen LogP contribution in [0.2, 0.25) is 0 Å². The maximum Gasteiger partial charge on any atom is 0.225 e. The Kier molecular flexibility index (Phi) is 6.26. The van der Waals surface area contributed by atoms with E-state index in [2.05, 4.69) is 75.0 Å². The Morgan fingerprint density at radius 3 is 2.35 bits per heavy atom. The monoisotopic (exact) mass is 540 g/mol. The quantitative estimate of drug-likeness (QED) is 0.292. The molecule has 0 radical (unpaired) electrons. The second kappa shape index (κ2) is 9.03. The third-order valence-electron chi connectivity index (χ3n) is 14.2. The molecule has 0 unspecified atom stereocenters. The summed E-state index contributed by atoms with van der Waals surface area (Å²) >= 11 is 0. The fourth-order valence-electron chi connectivity index (χ4n) is 12.1. The predicted molar refractivity (Wildman–Crippen MR) is 159 cm³/mol. The number of nitriles is 1. The van der Waals surface area contributed by atoms with Crippen LogP contribution in [0.3, 0.4) is 0 Å². The second-order valence-corrected chi connectivity index (χ2v) is 15.6. The fourth-order valence-corrected chi connectivity index (χ4v) is 12.1. The highest BCUT2D eigenvalue weighted by atomic mass is 16.1. The van der Waals surface area contributed by atoms with Gasteiger partial charge in [-0.05, 0) is 124 Å². The zero-order valence-corrected chi connectivity index (χ0v) is 25.6. The van der Waals surface area contributed by atoms with Crippen molar-refractivity contribution >= 4 is 11.9 Å². The zero-order valence-electron chi connectivity index (χ0n) is 25.6. The molecule has 5 nitrogen and oxygen atoms in total. The number of piperidine rings is 1. The number of rotatable bonds is 3. The van der Waals surface area contributed by atoms with E-state index in [1.165, 1.54) is 44.1 Å². The minimum absolute atomic E-state index is 0.0221. The Hall–Kier alpha value is -2.44. The summed E-state index contributed by atoms with van der Waals surface area (Å²) in [7, 11) is 0. The summed E-state index contributed by atoms with van der Waals surface area (Å²) < 4.78 is 0. The van der Waals surface area contributed by atoms with Gasteiger partial charge >= 0.3 is 0 Å². The van der Waals surface area contributed by atoms with Gasteiger partial charge in [-0.1, -0.05) is 32.9 Å². The molecule has 1 aromatic rings. The van der Waals surface area contributed by atoms with Gasteiger partial charge in [-0.3, -0.25) is 0 Å². The molecule has 40 heavy (non-hydrogen) atoms. The van der Waals surface area contributed by atoms with Crippen molar-refractivity contribution in [1.82, 2.24) is 9.97 Å². The number of fused-ring (bicyclic) bond motifs is 7. The lowest BCUT2D eigenvalue weighted by molar-refractivity contribution is -0.223. The summed E-state index contributed by atoms with van der Waals surface area (Å²) in [5.41, 5.74) is 2.60. The van der Waals surface area contributed by atoms with Crippen molar-refractivity contribution in [1.29, 1.82) is 5.26 Å². The molecule has 1 aliphatic heterocycles. The molecule has 0 amide bonds. The van der Waals surface area contributed by atoms with Crippen LogP contribution in [0.4, 0.5) is 5.95 Å². The zero-order chi connectivity index (χ0) is 28.7. The van der Waals surface area contributed by atoms with Crippen molar-refractivity contribution in [3.05, 3.63) is 36.2 Å². The molecule has 2 heterocycles. The van der Waals surface area contributed by atoms with E-state index in [4.69, 9.17) is 0 Å². The summed E-state index contributed by atoms with van der Waals surface area (Å²) in [6, 6.07) is 2.15. The molecular weight excluding hydrogens is 492 g/mol. The smallest absolute Gasteiger partial charge is 0.225 e. The van der Waals surface area contributed by atoms with Crippen molar-refractivity contribution < 1.29 is 4.79 Å². The van der Waals surface area contributed by atoms with Gasteiger partial charge in [-0.2, -0.15) is 5.26 Å². The van der Waals surface area contributed by atoms with Crippen LogP contribution in [0, 0.1) is 62.6 Å². The Balaban J connectivity index is 1.35. The van der Waals surface area contributed by atoms with Crippen LogP contribution in [0.15, 0.2) is 30.6 Å². The molecule has 0 spiro atoms. The van der Waals surface area contributed by atoms with Gasteiger partial charge in [-0.25, -0.2) is 14.8 Å². The van der Waals surface area contributed by atoms with Gasteiger partial charge in [0, 0.05) is 23.6 Å². The fraction of sp³-hybridized carbons (Fsp3) is 0.743. The Bertz CT molecular complexity index is 1290. The highest BCUT2D eigenvalue weighted by Crippen LogP contribution is 2.77. The number of hydrogen-bond donors (Lipinski definition) is 0. The average molecular weight is 541 g/mol. The maximum absolute atomic E-state index is 11.8. The minimum atomic E-state index is -0.0623. The number of hydrogen-bond acceptors (Lipinski definition) is 5. The molecule has 4 aliphatic carbocycles. The highest BCUT2D eigenvalue weighted by molar-refractivity contribution is 5.48. The lowest BCUT2D eigenvalue weighted by Crippen LogP contribution is -2.69. The summed E-state index contributed by atoms with van der Waals surface area (Å²) in [5, 5.41) is 9.23. The van der Waals surface area contributed by atoms with Gasteiger partial charge < -0.3 is 4.90 Å². The van der Waals surface area contributed by atoms with Crippen LogP contribution >= 0.6 is 0 Å². The van der Waals surface area contributed by atoms with Crippen LogP contribution in [-0.4, -0.2) is 28.0 Å². The molecule has 5 fully saturated rings. The predicted octanol–water partition coefficient (Wildman–Crippen LogP) is 7.56. The molecule has 5 aliphatic rings. The standard InChI is InChI=1S/C35H48N4O/c1-23(2)25-10-13-35(17-19-40)15-14-33(6)26(29(25)35)8-9-28-32(5)16-18-39(30-37-21-24(20-36)22-38-30)31(3,4)27(32)11-12-34(28,33)7/h17,21-22,25-29H,1,8-16,18H2,2-7H3/t25-,26+,27-,28+,29+,32-,33+,34+,35+/m0/s1. The Labute approximate surface area is 241 Å². The first-order chi connectivity index (χ1) is 18.9. The Morgan fingerprint density at radius 2 is 1.70 bits per heavy atom. The maximum atomic E-state index is 11.8. The van der Waals surface area contributed by atoms with Crippen molar-refractivity contribution in [2.75, 3.05) is 11.4 Å². The molecular formula is C35H48N4O. The molecule has 0 aromatic carbocycles. The third-order valence-corrected chi connectivity index (χ3v) is 14.2. The number of carbonyl (C=O) groups excluding carboxylic acids is 1. The molecule has 4 saturated carbocycles. The van der Waals surface area contributed by atoms with Crippen LogP contribution in [0.25, 0.3) is 0 Å². The molecule has 5 heteroatoms. The molecule has 214 valence electrons. The van der Waals surface area contributed by atoms with E-state index in [0.717, 1.165) is 31.8 Å². The molecule has 9 atom stereocenters. The van der Waals surface area contributed by atoms with Crippen molar-refractivity contribution in [3.63, 3.8) is 0 Å². The van der Waals surface area contributed by atoms with Crippen molar-refractivity contribution in [3.8, 4) is 6.07 Å². The molecule has 1 saturated heterocycles. The first-order valence-corrected chi connectivity index (χ1v) is 15.8. The third kappa shape index (κ3) is 3.47. The minimum Gasteiger partial charge on any atom is -0.335 e. The second-order valence-electron chi connectivity index (χ2n) is 15.6. The topological polar surface area (TPSA) is 69.9 Å². The van der Waals surface area contributed by atoms with E-state index in [-0.39, 0.29) is 27.2 Å². The molecule has 0 bridgehead atoms. The van der Waals surface area contributed by atoms with Crippen LogP contribution < -0.4 is 4.90 Å². The Morgan fingerprint density at radius 1 is 0.975 bits per heavy atom. The van der Waals surface area contributed by atoms with Gasteiger partial charge in [0.05, 0.1) is 18.0 Å². The molecule has 6 rings (SSSR count). The SMILES string of the molecule is C=C(C)[C@@H]1CC[C@]2(C=C=O)CC[C@]3(C)[C@H](CC[C@@H]4[C@@]5(C)CCN(c6ncc(C#N)cn6)C(C)(C)[C@@H]5CC[C@]43C)[C@@H]12. The van der Waals surface area contributed by atoms with Gasteiger partial charge in [0.15, 0.2) is 0 Å². The van der Waals surface area contributed by atoms with E-state index in [1.54, 1.807) is 12.4 Å². The number of aromatic nitrogens is 2. The molecule has 1 aromatic heterocycles. The van der Waals surface area contributed by atoms with Gasteiger partial charge in [0.2, 0.25) is 5.95 Å². The van der Waals surface area contributed by atoms with Gasteiger partial charge in [0.1, 0.15) is 12.0 Å². The van der Waals surface area contributed by atoms with E-state index in [0.29, 0.717) is 35.2 Å². The van der Waals surface area contributed by atoms with E-state index < -0.39 is 0 Å². The lowest BCUT2D eigenvalue weighted by Gasteiger charge is -2.73. The van der Waals surface area contributed by atoms with Crippen LogP contribution in [0.1, 0.15) is 105 Å². The van der Waals surface area contributed by atoms with Crippen molar-refractivity contribution in [2.45, 2.75) is 105 Å². The van der Waals surface area contributed by atoms with Crippen molar-refractivity contribution in [2.24, 2.45) is 51.2 Å². The number of nitrogens with zero attached hydrogens (tertiary/aromatic N) is 4. The average Bonchev–Trinajstić information content (AvgIpc) is 3.29. The first-order valence-electron chi connectivity index (χ1n) is 15.8. The highest BCUT2D eigenvalue weighted by Gasteiger charge is 2.70. The number of allylic oxidation sites excluding steroid dienone is 2. The first kappa shape index (κ1) is 27.7. The van der Waals surface area contributed by atoms with E-state index in [1.807, 2.05) is 6.08 Å².